The van der Waals surface area contributed by atoms with Crippen LogP contribution in [-0.4, -0.2) is 11.7 Å². The Kier molecular flexibility index (Phi) is 5.48. The zero-order valence-electron chi connectivity index (χ0n) is 6.71. The third-order valence-corrected chi connectivity index (χ3v) is 2.05. The molecule has 0 bridgehead atoms. The topological polar surface area (TPSA) is 46.2 Å². The Hall–Kier alpha value is -0.160. The monoisotopic (exact) mass is 269 g/mol. The Labute approximate surface area is 90.5 Å². The molecule has 0 heterocycles. The molecule has 0 spiro atoms. The van der Waals surface area contributed by atoms with Gasteiger partial charge in [0.1, 0.15) is 5.82 Å². The van der Waals surface area contributed by atoms with Gasteiger partial charge in [-0.25, -0.2) is 4.39 Å². The maximum Gasteiger partial charge on any atom is 0.129 e. The van der Waals surface area contributed by atoms with Gasteiger partial charge in [-0.05, 0) is 12.1 Å². The maximum atomic E-state index is 13.1. The van der Waals surface area contributed by atoms with E-state index in [1.165, 1.54) is 6.07 Å². The van der Waals surface area contributed by atoms with Crippen LogP contribution in [0.1, 0.15) is 11.6 Å². The minimum absolute atomic E-state index is 0. The van der Waals surface area contributed by atoms with Gasteiger partial charge in [-0.3, -0.25) is 0 Å². The Bertz CT molecular complexity index is 285. The van der Waals surface area contributed by atoms with E-state index >= 15 is 0 Å². The Balaban J connectivity index is 0.00000144. The van der Waals surface area contributed by atoms with Gasteiger partial charge in [-0.2, -0.15) is 0 Å². The highest BCUT2D eigenvalue weighted by Gasteiger charge is 2.09. The fraction of sp³-hybridized carbons (Fsp3) is 0.250. The molecule has 3 N–H and O–H groups in total. The quantitative estimate of drug-likeness (QED) is 0.863. The summed E-state index contributed by atoms with van der Waals surface area (Å²) in [5.74, 6) is -0.397. The summed E-state index contributed by atoms with van der Waals surface area (Å²) in [6.45, 7) is -0.251. The van der Waals surface area contributed by atoms with Crippen molar-refractivity contribution in [3.63, 3.8) is 0 Å². The van der Waals surface area contributed by atoms with E-state index < -0.39 is 11.9 Å². The van der Waals surface area contributed by atoms with Crippen molar-refractivity contribution in [2.24, 2.45) is 5.73 Å². The molecule has 2 nitrogen and oxygen atoms in total. The van der Waals surface area contributed by atoms with Crippen molar-refractivity contribution in [2.45, 2.75) is 6.04 Å². The SMILES string of the molecule is Cl.N[C@@H](CO)c1ccc(Br)cc1F. The molecule has 0 aliphatic rings. The molecular weight excluding hydrogens is 260 g/mol. The number of hydrogen-bond acceptors (Lipinski definition) is 2. The fourth-order valence-electron chi connectivity index (χ4n) is 0.901. The number of halogens is 3. The lowest BCUT2D eigenvalue weighted by atomic mass is 10.1. The van der Waals surface area contributed by atoms with E-state index in [1.807, 2.05) is 0 Å². The lowest BCUT2D eigenvalue weighted by Gasteiger charge is -2.09. The van der Waals surface area contributed by atoms with Gasteiger partial charge < -0.3 is 10.8 Å². The average Bonchev–Trinajstić information content (AvgIpc) is 2.03. The summed E-state index contributed by atoms with van der Waals surface area (Å²) in [5, 5.41) is 8.68. The van der Waals surface area contributed by atoms with Gasteiger partial charge in [-0.1, -0.05) is 22.0 Å². The minimum Gasteiger partial charge on any atom is -0.394 e. The Morgan fingerprint density at radius 2 is 2.15 bits per heavy atom. The highest BCUT2D eigenvalue weighted by molar-refractivity contribution is 9.10. The molecule has 74 valence electrons. The van der Waals surface area contributed by atoms with Crippen molar-refractivity contribution in [2.75, 3.05) is 6.61 Å². The number of rotatable bonds is 2. The van der Waals surface area contributed by atoms with Crippen molar-refractivity contribution >= 4 is 28.3 Å². The Morgan fingerprint density at radius 1 is 1.54 bits per heavy atom. The smallest absolute Gasteiger partial charge is 0.129 e. The van der Waals surface area contributed by atoms with Crippen LogP contribution in [0.4, 0.5) is 4.39 Å². The molecule has 0 aliphatic heterocycles. The van der Waals surface area contributed by atoms with Crippen LogP contribution in [0, 0.1) is 5.82 Å². The minimum atomic E-state index is -0.641. The standard InChI is InChI=1S/C8H9BrFNO.ClH/c9-5-1-2-6(7(10)3-5)8(11)4-12;/h1-3,8,12H,4,11H2;1H/t8-;/m0./s1. The van der Waals surface area contributed by atoms with Gasteiger partial charge in [0.05, 0.1) is 12.6 Å². The molecule has 0 saturated carbocycles. The molecule has 0 aromatic heterocycles. The summed E-state index contributed by atoms with van der Waals surface area (Å²) < 4.78 is 13.7. The highest BCUT2D eigenvalue weighted by Crippen LogP contribution is 2.19. The van der Waals surface area contributed by atoms with Crippen LogP contribution in [-0.2, 0) is 0 Å². The van der Waals surface area contributed by atoms with Crippen molar-refractivity contribution in [3.8, 4) is 0 Å². The summed E-state index contributed by atoms with van der Waals surface area (Å²) in [6, 6.07) is 3.93. The first-order valence-electron chi connectivity index (χ1n) is 3.46. The molecule has 0 saturated heterocycles. The van der Waals surface area contributed by atoms with Crippen LogP contribution < -0.4 is 5.73 Å². The average molecular weight is 271 g/mol. The van der Waals surface area contributed by atoms with E-state index in [1.54, 1.807) is 12.1 Å². The number of nitrogens with two attached hydrogens (primary N) is 1. The van der Waals surface area contributed by atoms with Gasteiger partial charge in [0.25, 0.3) is 0 Å². The summed E-state index contributed by atoms with van der Waals surface area (Å²) in [5.41, 5.74) is 5.77. The third-order valence-electron chi connectivity index (χ3n) is 1.56. The lowest BCUT2D eigenvalue weighted by Crippen LogP contribution is -2.15. The van der Waals surface area contributed by atoms with E-state index in [2.05, 4.69) is 15.9 Å². The number of hydrogen-bond donors (Lipinski definition) is 2. The molecule has 0 radical (unpaired) electrons. The molecule has 0 aliphatic carbocycles. The van der Waals surface area contributed by atoms with Crippen LogP contribution in [0.5, 0.6) is 0 Å². The first-order chi connectivity index (χ1) is 5.65. The molecular formula is C8H10BrClFNO. The van der Waals surface area contributed by atoms with Crippen molar-refractivity contribution in [1.82, 2.24) is 0 Å². The van der Waals surface area contributed by atoms with Gasteiger partial charge in [0, 0.05) is 10.0 Å². The number of aliphatic hydroxyl groups excluding tert-OH is 1. The zero-order chi connectivity index (χ0) is 9.14. The van der Waals surface area contributed by atoms with Crippen LogP contribution in [0.2, 0.25) is 0 Å². The molecule has 0 fully saturated rings. The van der Waals surface area contributed by atoms with E-state index in [9.17, 15) is 4.39 Å². The second kappa shape index (κ2) is 5.54. The van der Waals surface area contributed by atoms with Gasteiger partial charge >= 0.3 is 0 Å². The molecule has 0 amide bonds. The summed E-state index contributed by atoms with van der Waals surface area (Å²) in [6.07, 6.45) is 0. The van der Waals surface area contributed by atoms with Crippen molar-refractivity contribution in [1.29, 1.82) is 0 Å². The first kappa shape index (κ1) is 12.8. The van der Waals surface area contributed by atoms with Crippen molar-refractivity contribution < 1.29 is 9.50 Å². The summed E-state index contributed by atoms with van der Waals surface area (Å²) in [4.78, 5) is 0. The zero-order valence-corrected chi connectivity index (χ0v) is 9.11. The van der Waals surface area contributed by atoms with E-state index in [-0.39, 0.29) is 19.0 Å². The molecule has 5 heteroatoms. The van der Waals surface area contributed by atoms with Gasteiger partial charge in [-0.15, -0.1) is 12.4 Å². The van der Waals surface area contributed by atoms with E-state index in [4.69, 9.17) is 10.8 Å². The molecule has 1 rings (SSSR count). The van der Waals surface area contributed by atoms with Crippen LogP contribution in [0.25, 0.3) is 0 Å². The van der Waals surface area contributed by atoms with Crippen LogP contribution in [0.3, 0.4) is 0 Å². The molecule has 0 unspecified atom stereocenters. The molecule has 1 aromatic carbocycles. The summed E-state index contributed by atoms with van der Waals surface area (Å²) in [7, 11) is 0. The lowest BCUT2D eigenvalue weighted by molar-refractivity contribution is 0.265. The first-order valence-corrected chi connectivity index (χ1v) is 4.26. The Morgan fingerprint density at radius 3 is 2.62 bits per heavy atom. The highest BCUT2D eigenvalue weighted by atomic mass is 79.9. The molecule has 1 aromatic rings. The van der Waals surface area contributed by atoms with E-state index in [0.29, 0.717) is 10.0 Å². The molecule has 1 atom stereocenters. The largest absolute Gasteiger partial charge is 0.394 e. The number of aliphatic hydroxyl groups is 1. The van der Waals surface area contributed by atoms with Gasteiger partial charge in [0.2, 0.25) is 0 Å². The van der Waals surface area contributed by atoms with E-state index in [0.717, 1.165) is 0 Å². The second-order valence-electron chi connectivity index (χ2n) is 2.45. The van der Waals surface area contributed by atoms with Gasteiger partial charge in [0.15, 0.2) is 0 Å². The second-order valence-corrected chi connectivity index (χ2v) is 3.37. The van der Waals surface area contributed by atoms with Crippen molar-refractivity contribution in [3.05, 3.63) is 34.1 Å². The maximum absolute atomic E-state index is 13.1. The normalized spacial score (nSPS) is 12.0. The van der Waals surface area contributed by atoms with Crippen LogP contribution >= 0.6 is 28.3 Å². The fourth-order valence-corrected chi connectivity index (χ4v) is 1.23. The predicted molar refractivity (Wildman–Crippen MR) is 55.4 cm³/mol. The third kappa shape index (κ3) is 3.23. The number of benzene rings is 1. The van der Waals surface area contributed by atoms with Crippen LogP contribution in [0.15, 0.2) is 22.7 Å². The predicted octanol–water partition coefficient (Wildman–Crippen LogP) is 2.00. The summed E-state index contributed by atoms with van der Waals surface area (Å²) >= 11 is 3.12. The molecule has 13 heavy (non-hydrogen) atoms.